The standard InChI is InChI=1S/C24H37N3O4/c1-16(2)14-20(23(30)31-24(3,4)5)27-22(29)19(15-17-10-7-6-8-11-17)26-21(28)18-12-9-13-25-18/h6-8,10-11,16,18-20,25H,9,12-15H2,1-5H3,(H,26,28)(H,27,29)/t18-,19+,20+/m0/s1. The second kappa shape index (κ2) is 11.3. The summed E-state index contributed by atoms with van der Waals surface area (Å²) in [6.45, 7) is 10.2. The highest BCUT2D eigenvalue weighted by Gasteiger charge is 2.32. The SMILES string of the molecule is CC(C)C[C@@H](NC(=O)[C@@H](Cc1ccccc1)NC(=O)[C@@H]1CCCN1)C(=O)OC(C)(C)C. The van der Waals surface area contributed by atoms with Gasteiger partial charge in [0.2, 0.25) is 11.8 Å². The van der Waals surface area contributed by atoms with Crippen LogP contribution in [0.1, 0.15) is 59.4 Å². The molecule has 1 aromatic carbocycles. The number of carbonyl (C=O) groups excluding carboxylic acids is 3. The number of ether oxygens (including phenoxy) is 1. The van der Waals surface area contributed by atoms with E-state index in [1.807, 2.05) is 44.2 Å². The summed E-state index contributed by atoms with van der Waals surface area (Å²) in [6, 6.07) is 7.68. The number of amides is 2. The van der Waals surface area contributed by atoms with Gasteiger partial charge in [-0.05, 0) is 58.1 Å². The fraction of sp³-hybridized carbons (Fsp3) is 0.625. The molecule has 7 heteroatoms. The topological polar surface area (TPSA) is 96.5 Å². The quantitative estimate of drug-likeness (QED) is 0.522. The lowest BCUT2D eigenvalue weighted by molar-refractivity contribution is -0.159. The number of hydrogen-bond donors (Lipinski definition) is 3. The molecular weight excluding hydrogens is 394 g/mol. The predicted molar refractivity (Wildman–Crippen MR) is 120 cm³/mol. The minimum absolute atomic E-state index is 0.183. The highest BCUT2D eigenvalue weighted by molar-refractivity contribution is 5.92. The van der Waals surface area contributed by atoms with Crippen LogP contribution in [0.15, 0.2) is 30.3 Å². The molecular formula is C24H37N3O4. The molecule has 3 atom stereocenters. The lowest BCUT2D eigenvalue weighted by atomic mass is 10.0. The monoisotopic (exact) mass is 431 g/mol. The maximum absolute atomic E-state index is 13.2. The Kier molecular flexibility index (Phi) is 9.04. The second-order valence-corrected chi connectivity index (χ2v) is 9.62. The van der Waals surface area contributed by atoms with Crippen LogP contribution in [0.5, 0.6) is 0 Å². The molecule has 0 radical (unpaired) electrons. The number of nitrogens with one attached hydrogen (secondary N) is 3. The van der Waals surface area contributed by atoms with Crippen molar-refractivity contribution in [2.75, 3.05) is 6.54 Å². The first-order chi connectivity index (χ1) is 14.5. The number of carbonyl (C=O) groups is 3. The van der Waals surface area contributed by atoms with Crippen LogP contribution in [0.2, 0.25) is 0 Å². The van der Waals surface area contributed by atoms with Crippen LogP contribution < -0.4 is 16.0 Å². The maximum atomic E-state index is 13.2. The third-order valence-corrected chi connectivity index (χ3v) is 5.01. The van der Waals surface area contributed by atoms with Crippen molar-refractivity contribution in [1.29, 1.82) is 0 Å². The van der Waals surface area contributed by atoms with Crippen LogP contribution in [0.4, 0.5) is 0 Å². The highest BCUT2D eigenvalue weighted by Crippen LogP contribution is 2.14. The molecule has 1 fully saturated rings. The Morgan fingerprint density at radius 2 is 1.77 bits per heavy atom. The summed E-state index contributed by atoms with van der Waals surface area (Å²) in [4.78, 5) is 38.6. The van der Waals surface area contributed by atoms with Crippen LogP contribution in [0.25, 0.3) is 0 Å². The molecule has 1 aromatic rings. The summed E-state index contributed by atoms with van der Waals surface area (Å²) >= 11 is 0. The minimum atomic E-state index is -0.783. The summed E-state index contributed by atoms with van der Waals surface area (Å²) in [5, 5.41) is 8.88. The van der Waals surface area contributed by atoms with Crippen molar-refractivity contribution in [2.45, 2.75) is 84.0 Å². The van der Waals surface area contributed by atoms with E-state index in [0.717, 1.165) is 24.9 Å². The fourth-order valence-electron chi connectivity index (χ4n) is 3.57. The summed E-state index contributed by atoms with van der Waals surface area (Å²) in [6.07, 6.45) is 2.48. The number of benzene rings is 1. The number of esters is 1. The van der Waals surface area contributed by atoms with Gasteiger partial charge >= 0.3 is 5.97 Å². The van der Waals surface area contributed by atoms with Crippen molar-refractivity contribution < 1.29 is 19.1 Å². The molecule has 1 heterocycles. The van der Waals surface area contributed by atoms with Gasteiger partial charge in [0, 0.05) is 6.42 Å². The predicted octanol–water partition coefficient (Wildman–Crippen LogP) is 2.34. The Morgan fingerprint density at radius 3 is 2.32 bits per heavy atom. The van der Waals surface area contributed by atoms with Crippen molar-refractivity contribution in [1.82, 2.24) is 16.0 Å². The molecule has 1 saturated heterocycles. The zero-order valence-corrected chi connectivity index (χ0v) is 19.4. The Balaban J connectivity index is 2.15. The molecule has 0 unspecified atom stereocenters. The van der Waals surface area contributed by atoms with Gasteiger partial charge in [0.25, 0.3) is 0 Å². The van der Waals surface area contributed by atoms with Crippen LogP contribution in [-0.2, 0) is 25.5 Å². The van der Waals surface area contributed by atoms with Gasteiger partial charge in [0.05, 0.1) is 6.04 Å². The van der Waals surface area contributed by atoms with E-state index < -0.39 is 23.7 Å². The van der Waals surface area contributed by atoms with Crippen molar-refractivity contribution in [2.24, 2.45) is 5.92 Å². The van der Waals surface area contributed by atoms with Crippen molar-refractivity contribution >= 4 is 17.8 Å². The van der Waals surface area contributed by atoms with Gasteiger partial charge in [-0.2, -0.15) is 0 Å². The van der Waals surface area contributed by atoms with Gasteiger partial charge in [-0.3, -0.25) is 9.59 Å². The molecule has 0 saturated carbocycles. The first kappa shape index (κ1) is 24.9. The Morgan fingerprint density at radius 1 is 1.10 bits per heavy atom. The molecule has 0 spiro atoms. The summed E-state index contributed by atoms with van der Waals surface area (Å²) in [7, 11) is 0. The normalized spacial score (nSPS) is 18.3. The molecule has 2 rings (SSSR count). The molecule has 0 bridgehead atoms. The molecule has 172 valence electrons. The smallest absolute Gasteiger partial charge is 0.329 e. The Bertz CT molecular complexity index is 737. The zero-order chi connectivity index (χ0) is 23.0. The van der Waals surface area contributed by atoms with Gasteiger partial charge in [-0.1, -0.05) is 44.2 Å². The largest absolute Gasteiger partial charge is 0.458 e. The van der Waals surface area contributed by atoms with Gasteiger partial charge in [-0.25, -0.2) is 4.79 Å². The van der Waals surface area contributed by atoms with Crippen LogP contribution in [0.3, 0.4) is 0 Å². The van der Waals surface area contributed by atoms with Crippen LogP contribution >= 0.6 is 0 Å². The number of hydrogen-bond acceptors (Lipinski definition) is 5. The van der Waals surface area contributed by atoms with Crippen molar-refractivity contribution in [3.8, 4) is 0 Å². The van der Waals surface area contributed by atoms with Gasteiger partial charge in [-0.15, -0.1) is 0 Å². The van der Waals surface area contributed by atoms with E-state index >= 15 is 0 Å². The molecule has 1 aliphatic rings. The Hall–Kier alpha value is -2.41. The molecule has 3 N–H and O–H groups in total. The van der Waals surface area contributed by atoms with E-state index in [4.69, 9.17) is 4.74 Å². The second-order valence-electron chi connectivity index (χ2n) is 9.62. The minimum Gasteiger partial charge on any atom is -0.458 e. The average Bonchev–Trinajstić information content (AvgIpc) is 3.21. The lowest BCUT2D eigenvalue weighted by Crippen LogP contribution is -2.55. The summed E-state index contributed by atoms with van der Waals surface area (Å²) in [5.41, 5.74) is 0.281. The van der Waals surface area contributed by atoms with Gasteiger partial charge in [0.15, 0.2) is 0 Å². The van der Waals surface area contributed by atoms with Crippen molar-refractivity contribution in [3.05, 3.63) is 35.9 Å². The Labute approximate surface area is 185 Å². The molecule has 2 amide bonds. The van der Waals surface area contributed by atoms with E-state index in [9.17, 15) is 14.4 Å². The van der Waals surface area contributed by atoms with E-state index in [2.05, 4.69) is 16.0 Å². The highest BCUT2D eigenvalue weighted by atomic mass is 16.6. The molecule has 31 heavy (non-hydrogen) atoms. The van der Waals surface area contributed by atoms with E-state index in [1.165, 1.54) is 0 Å². The van der Waals surface area contributed by atoms with Crippen LogP contribution in [0, 0.1) is 5.92 Å². The third-order valence-electron chi connectivity index (χ3n) is 5.01. The van der Waals surface area contributed by atoms with E-state index in [0.29, 0.717) is 12.8 Å². The number of rotatable bonds is 9. The first-order valence-corrected chi connectivity index (χ1v) is 11.2. The average molecular weight is 432 g/mol. The van der Waals surface area contributed by atoms with Crippen molar-refractivity contribution in [3.63, 3.8) is 0 Å². The van der Waals surface area contributed by atoms with Gasteiger partial charge in [0.1, 0.15) is 17.7 Å². The summed E-state index contributed by atoms with van der Waals surface area (Å²) < 4.78 is 5.51. The molecule has 0 aromatic heterocycles. The zero-order valence-electron chi connectivity index (χ0n) is 19.4. The van der Waals surface area contributed by atoms with E-state index in [-0.39, 0.29) is 23.8 Å². The van der Waals surface area contributed by atoms with Crippen LogP contribution in [-0.4, -0.2) is 48.1 Å². The molecule has 7 nitrogen and oxygen atoms in total. The maximum Gasteiger partial charge on any atom is 0.329 e. The third kappa shape index (κ3) is 8.69. The lowest BCUT2D eigenvalue weighted by Gasteiger charge is -2.27. The summed E-state index contributed by atoms with van der Waals surface area (Å²) in [5.74, 6) is -0.850. The molecule has 0 aliphatic carbocycles. The van der Waals surface area contributed by atoms with Gasteiger partial charge < -0.3 is 20.7 Å². The fourth-order valence-corrected chi connectivity index (χ4v) is 3.57. The molecule has 1 aliphatic heterocycles. The van der Waals surface area contributed by atoms with E-state index in [1.54, 1.807) is 20.8 Å². The first-order valence-electron chi connectivity index (χ1n) is 11.2.